The summed E-state index contributed by atoms with van der Waals surface area (Å²) in [7, 11) is -1.35. The van der Waals surface area contributed by atoms with E-state index in [4.69, 9.17) is 9.97 Å². The average molecular weight is 645 g/mol. The van der Waals surface area contributed by atoms with Gasteiger partial charge >= 0.3 is 0 Å². The third-order valence-corrected chi connectivity index (χ3v) is 11.2. The van der Waals surface area contributed by atoms with Crippen LogP contribution in [0.5, 0.6) is 0 Å². The van der Waals surface area contributed by atoms with Gasteiger partial charge in [0.05, 0.1) is 19.5 Å². The molecular weight excluding hydrogens is 597 g/mol. The van der Waals surface area contributed by atoms with Crippen molar-refractivity contribution in [1.29, 1.82) is 0 Å². The maximum atomic E-state index is 5.14. The molecular formula is C45H48N2Si. The molecule has 3 heteroatoms. The molecule has 0 radical (unpaired) electrons. The van der Waals surface area contributed by atoms with Gasteiger partial charge in [0.2, 0.25) is 0 Å². The summed E-state index contributed by atoms with van der Waals surface area (Å²) in [6, 6.07) is 46.1. The second kappa shape index (κ2) is 12.8. The lowest BCUT2D eigenvalue weighted by molar-refractivity contribution is 0.585. The molecule has 48 heavy (non-hydrogen) atoms. The van der Waals surface area contributed by atoms with Crippen LogP contribution >= 0.6 is 0 Å². The average Bonchev–Trinajstić information content (AvgIpc) is 3.07. The van der Waals surface area contributed by atoms with E-state index in [-0.39, 0.29) is 10.8 Å². The molecule has 5 aromatic carbocycles. The molecule has 6 aromatic rings. The zero-order chi connectivity index (χ0) is 34.3. The molecule has 0 N–H and O–H groups in total. The Kier molecular flexibility index (Phi) is 8.87. The zero-order valence-corrected chi connectivity index (χ0v) is 31.0. The fourth-order valence-electron chi connectivity index (χ4n) is 6.37. The molecule has 6 rings (SSSR count). The molecule has 0 amide bonds. The molecule has 0 aliphatic heterocycles. The van der Waals surface area contributed by atoms with Gasteiger partial charge in [-0.05, 0) is 56.3 Å². The van der Waals surface area contributed by atoms with Gasteiger partial charge in [0.1, 0.15) is 0 Å². The standard InChI is InChI=1S/C45H48N2Si/c1-44(2,3)39-28-34(31-20-24-36(25-21-31)48(7,8)9)22-26-37(39)38-27-23-35(29-40(38)45(4,5)6)42-30-41(32-16-12-10-13-17-32)46-43(47-42)33-18-14-11-15-19-33/h10-30H,1-9H3. The first-order valence-corrected chi connectivity index (χ1v) is 20.6. The van der Waals surface area contributed by atoms with E-state index in [0.717, 1.165) is 33.9 Å². The molecule has 1 aromatic heterocycles. The van der Waals surface area contributed by atoms with Crippen molar-refractivity contribution >= 4 is 13.3 Å². The summed E-state index contributed by atoms with van der Waals surface area (Å²) in [4.78, 5) is 10.2. The lowest BCUT2D eigenvalue weighted by Crippen LogP contribution is -2.37. The minimum Gasteiger partial charge on any atom is -0.228 e. The maximum Gasteiger partial charge on any atom is 0.160 e. The van der Waals surface area contributed by atoms with Gasteiger partial charge in [-0.25, -0.2) is 9.97 Å². The molecule has 0 saturated carbocycles. The molecule has 242 valence electrons. The summed E-state index contributed by atoms with van der Waals surface area (Å²) >= 11 is 0. The molecule has 0 atom stereocenters. The SMILES string of the molecule is CC(C)(C)c1cc(-c2ccc([Si](C)(C)C)cc2)ccc1-c1ccc(-c2cc(-c3ccccc3)nc(-c3ccccc3)n2)cc1C(C)(C)C. The predicted molar refractivity (Wildman–Crippen MR) is 210 cm³/mol. The van der Waals surface area contributed by atoms with E-state index in [1.807, 2.05) is 24.3 Å². The van der Waals surface area contributed by atoms with Crippen molar-refractivity contribution < 1.29 is 0 Å². The van der Waals surface area contributed by atoms with Gasteiger partial charge in [0.15, 0.2) is 5.82 Å². The maximum absolute atomic E-state index is 5.14. The second-order valence-corrected chi connectivity index (χ2v) is 21.1. The van der Waals surface area contributed by atoms with Gasteiger partial charge in [-0.1, -0.05) is 182 Å². The van der Waals surface area contributed by atoms with Gasteiger partial charge in [-0.3, -0.25) is 0 Å². The van der Waals surface area contributed by atoms with Crippen LogP contribution in [-0.4, -0.2) is 18.0 Å². The Hall–Kier alpha value is -4.60. The van der Waals surface area contributed by atoms with Crippen molar-refractivity contribution in [3.63, 3.8) is 0 Å². The molecule has 0 fully saturated rings. The largest absolute Gasteiger partial charge is 0.228 e. The topological polar surface area (TPSA) is 25.8 Å². The number of hydrogen-bond donors (Lipinski definition) is 0. The number of benzene rings is 5. The minimum atomic E-state index is -1.35. The normalized spacial score (nSPS) is 12.3. The Morgan fingerprint density at radius 1 is 0.417 bits per heavy atom. The summed E-state index contributed by atoms with van der Waals surface area (Å²) in [6.07, 6.45) is 0. The van der Waals surface area contributed by atoms with Crippen molar-refractivity contribution in [1.82, 2.24) is 9.97 Å². The summed E-state index contributed by atoms with van der Waals surface area (Å²) in [6.45, 7) is 21.1. The highest BCUT2D eigenvalue weighted by Crippen LogP contribution is 2.42. The van der Waals surface area contributed by atoms with Crippen molar-refractivity contribution in [3.8, 4) is 56.2 Å². The molecule has 1 heterocycles. The van der Waals surface area contributed by atoms with Crippen LogP contribution in [0.4, 0.5) is 0 Å². The third kappa shape index (κ3) is 7.12. The summed E-state index contributed by atoms with van der Waals surface area (Å²) in [5.41, 5.74) is 12.7. The molecule has 0 aliphatic rings. The number of aromatic nitrogens is 2. The molecule has 0 bridgehead atoms. The highest BCUT2D eigenvalue weighted by Gasteiger charge is 2.26. The van der Waals surface area contributed by atoms with Gasteiger partial charge < -0.3 is 0 Å². The summed E-state index contributed by atoms with van der Waals surface area (Å²) < 4.78 is 0. The van der Waals surface area contributed by atoms with Crippen LogP contribution in [0.3, 0.4) is 0 Å². The van der Waals surface area contributed by atoms with Crippen LogP contribution in [0.25, 0.3) is 56.2 Å². The highest BCUT2D eigenvalue weighted by atomic mass is 28.3. The highest BCUT2D eigenvalue weighted by molar-refractivity contribution is 6.88. The summed E-state index contributed by atoms with van der Waals surface area (Å²) in [5, 5.41) is 1.49. The minimum absolute atomic E-state index is 0.0424. The lowest BCUT2D eigenvalue weighted by atomic mass is 9.75. The zero-order valence-electron chi connectivity index (χ0n) is 30.0. The molecule has 0 aliphatic carbocycles. The van der Waals surface area contributed by atoms with Gasteiger partial charge in [0, 0.05) is 16.7 Å². The van der Waals surface area contributed by atoms with Crippen LogP contribution < -0.4 is 5.19 Å². The third-order valence-electron chi connectivity index (χ3n) is 9.15. The van der Waals surface area contributed by atoms with Crippen molar-refractivity contribution in [2.75, 3.05) is 0 Å². The number of nitrogens with zero attached hydrogens (tertiary/aromatic N) is 2. The van der Waals surface area contributed by atoms with E-state index in [9.17, 15) is 0 Å². The Morgan fingerprint density at radius 3 is 1.35 bits per heavy atom. The van der Waals surface area contributed by atoms with Crippen LogP contribution in [0.15, 0.2) is 127 Å². The molecule has 0 saturated heterocycles. The van der Waals surface area contributed by atoms with E-state index >= 15 is 0 Å². The first-order chi connectivity index (χ1) is 22.7. The van der Waals surface area contributed by atoms with Gasteiger partial charge in [-0.15, -0.1) is 0 Å². The fourth-order valence-corrected chi connectivity index (χ4v) is 7.54. The van der Waals surface area contributed by atoms with Crippen LogP contribution in [0, 0.1) is 0 Å². The molecule has 0 spiro atoms. The summed E-state index contributed by atoms with van der Waals surface area (Å²) in [5.74, 6) is 0.733. The Balaban J connectivity index is 1.49. The molecule has 2 nitrogen and oxygen atoms in total. The van der Waals surface area contributed by atoms with Gasteiger partial charge in [-0.2, -0.15) is 0 Å². The fraction of sp³-hybridized carbons (Fsp3) is 0.244. The van der Waals surface area contributed by atoms with Crippen molar-refractivity contribution in [2.45, 2.75) is 72.0 Å². The number of hydrogen-bond acceptors (Lipinski definition) is 2. The Bertz CT molecular complexity index is 1980. The molecule has 0 unspecified atom stereocenters. The van der Waals surface area contributed by atoms with E-state index in [0.29, 0.717) is 0 Å². The van der Waals surface area contributed by atoms with E-state index in [1.165, 1.54) is 38.6 Å². The predicted octanol–water partition coefficient (Wildman–Crippen LogP) is 12.0. The van der Waals surface area contributed by atoms with Crippen LogP contribution in [0.2, 0.25) is 19.6 Å². The lowest BCUT2D eigenvalue weighted by Gasteiger charge is -2.29. The second-order valence-electron chi connectivity index (χ2n) is 16.0. The quantitative estimate of drug-likeness (QED) is 0.169. The number of rotatable bonds is 6. The van der Waals surface area contributed by atoms with Gasteiger partial charge in [0.25, 0.3) is 0 Å². The van der Waals surface area contributed by atoms with Crippen molar-refractivity contribution in [3.05, 3.63) is 139 Å². The smallest absolute Gasteiger partial charge is 0.160 e. The Morgan fingerprint density at radius 2 is 0.854 bits per heavy atom. The van der Waals surface area contributed by atoms with Crippen molar-refractivity contribution in [2.24, 2.45) is 0 Å². The van der Waals surface area contributed by atoms with E-state index in [1.54, 1.807) is 0 Å². The van der Waals surface area contributed by atoms with Crippen LogP contribution in [-0.2, 0) is 10.8 Å². The van der Waals surface area contributed by atoms with Crippen LogP contribution in [0.1, 0.15) is 52.7 Å². The van der Waals surface area contributed by atoms with E-state index in [2.05, 4.69) is 164 Å². The monoisotopic (exact) mass is 644 g/mol. The first kappa shape index (κ1) is 33.3. The van der Waals surface area contributed by atoms with E-state index < -0.39 is 8.07 Å². The Labute approximate surface area is 289 Å². The first-order valence-electron chi connectivity index (χ1n) is 17.1.